The van der Waals surface area contributed by atoms with E-state index in [2.05, 4.69) is 15.3 Å². The van der Waals surface area contributed by atoms with Crippen molar-refractivity contribution in [3.63, 3.8) is 0 Å². The summed E-state index contributed by atoms with van der Waals surface area (Å²) in [4.78, 5) is 7.95. The number of nitrogens with two attached hydrogens (primary N) is 1. The highest BCUT2D eigenvalue weighted by molar-refractivity contribution is 5.61. The maximum absolute atomic E-state index is 9.14. The van der Waals surface area contributed by atoms with Crippen LogP contribution in [0.15, 0.2) is 30.5 Å². The van der Waals surface area contributed by atoms with Gasteiger partial charge in [0, 0.05) is 5.69 Å². The molecule has 0 saturated carbocycles. The van der Waals surface area contributed by atoms with Gasteiger partial charge >= 0.3 is 0 Å². The van der Waals surface area contributed by atoms with Crippen LogP contribution in [0.5, 0.6) is 5.75 Å². The van der Waals surface area contributed by atoms with Crippen LogP contribution in [0, 0.1) is 6.92 Å². The lowest BCUT2D eigenvalue weighted by Gasteiger charge is -2.08. The number of hydrogen-bond donors (Lipinski definition) is 3. The molecule has 0 fully saturated rings. The number of aromatic hydroxyl groups is 1. The average molecular weight is 216 g/mol. The Morgan fingerprint density at radius 3 is 2.56 bits per heavy atom. The predicted octanol–water partition coefficient (Wildman–Crippen LogP) is 1.82. The number of aryl methyl sites for hydroxylation is 1. The van der Waals surface area contributed by atoms with E-state index < -0.39 is 0 Å². The third kappa shape index (κ3) is 2.20. The van der Waals surface area contributed by atoms with Crippen LogP contribution in [0.4, 0.5) is 17.3 Å². The molecule has 16 heavy (non-hydrogen) atoms. The Bertz CT molecular complexity index is 496. The Balaban J connectivity index is 2.23. The van der Waals surface area contributed by atoms with E-state index in [1.165, 1.54) is 0 Å². The van der Waals surface area contributed by atoms with E-state index in [0.717, 1.165) is 17.1 Å². The Labute approximate surface area is 93.0 Å². The van der Waals surface area contributed by atoms with Crippen LogP contribution in [-0.2, 0) is 0 Å². The van der Waals surface area contributed by atoms with Gasteiger partial charge in [0.2, 0.25) is 5.95 Å². The molecule has 5 heteroatoms. The van der Waals surface area contributed by atoms with Gasteiger partial charge in [-0.1, -0.05) is 0 Å². The van der Waals surface area contributed by atoms with E-state index in [-0.39, 0.29) is 11.7 Å². The molecular formula is C11H12N4O. The van der Waals surface area contributed by atoms with E-state index in [0.29, 0.717) is 0 Å². The Morgan fingerprint density at radius 1 is 1.25 bits per heavy atom. The molecule has 0 aliphatic heterocycles. The largest absolute Gasteiger partial charge is 0.508 e. The molecule has 0 radical (unpaired) electrons. The minimum Gasteiger partial charge on any atom is -0.508 e. The zero-order valence-corrected chi connectivity index (χ0v) is 8.81. The second-order valence-corrected chi connectivity index (χ2v) is 3.40. The lowest BCUT2D eigenvalue weighted by atomic mass is 10.3. The molecule has 0 atom stereocenters. The zero-order chi connectivity index (χ0) is 11.5. The number of nitrogens with zero attached hydrogens (tertiary/aromatic N) is 2. The molecule has 0 aliphatic carbocycles. The fourth-order valence-electron chi connectivity index (χ4n) is 1.31. The number of phenolic OH excluding ortho intramolecular Hbond substituents is 1. The summed E-state index contributed by atoms with van der Waals surface area (Å²) in [7, 11) is 0. The van der Waals surface area contributed by atoms with Crippen LogP contribution >= 0.6 is 0 Å². The van der Waals surface area contributed by atoms with Crippen LogP contribution in [0.3, 0.4) is 0 Å². The van der Waals surface area contributed by atoms with Gasteiger partial charge in [0.05, 0.1) is 17.6 Å². The third-order valence-corrected chi connectivity index (χ3v) is 2.14. The molecule has 4 N–H and O–H groups in total. The van der Waals surface area contributed by atoms with Gasteiger partial charge in [-0.2, -0.15) is 0 Å². The fourth-order valence-corrected chi connectivity index (χ4v) is 1.31. The van der Waals surface area contributed by atoms with Crippen molar-refractivity contribution >= 4 is 17.3 Å². The van der Waals surface area contributed by atoms with Crippen LogP contribution in [0.2, 0.25) is 0 Å². The van der Waals surface area contributed by atoms with E-state index >= 15 is 0 Å². The van der Waals surface area contributed by atoms with Gasteiger partial charge in [-0.3, -0.25) is 0 Å². The van der Waals surface area contributed by atoms with Gasteiger partial charge in [0.25, 0.3) is 0 Å². The number of phenols is 1. The minimum absolute atomic E-state index is 0.232. The second-order valence-electron chi connectivity index (χ2n) is 3.40. The number of rotatable bonds is 2. The SMILES string of the molecule is Cc1nc(N)ncc1Nc1ccc(O)cc1. The van der Waals surface area contributed by atoms with E-state index in [1.807, 2.05) is 6.92 Å². The molecule has 2 aromatic rings. The molecule has 0 aliphatic rings. The first-order chi connectivity index (χ1) is 7.65. The first kappa shape index (κ1) is 10.2. The second kappa shape index (κ2) is 4.06. The number of anilines is 3. The number of nitrogen functional groups attached to an aromatic ring is 1. The van der Waals surface area contributed by atoms with Crippen LogP contribution < -0.4 is 11.1 Å². The average Bonchev–Trinajstić information content (AvgIpc) is 2.25. The van der Waals surface area contributed by atoms with Crippen molar-refractivity contribution in [3.05, 3.63) is 36.2 Å². The molecule has 82 valence electrons. The molecule has 1 aromatic heterocycles. The number of aromatic nitrogens is 2. The summed E-state index contributed by atoms with van der Waals surface area (Å²) in [5.74, 6) is 0.490. The minimum atomic E-state index is 0.232. The van der Waals surface area contributed by atoms with Gasteiger partial charge < -0.3 is 16.2 Å². The van der Waals surface area contributed by atoms with Crippen molar-refractivity contribution in [1.82, 2.24) is 9.97 Å². The Kier molecular flexibility index (Phi) is 2.59. The predicted molar refractivity (Wildman–Crippen MR) is 62.6 cm³/mol. The van der Waals surface area contributed by atoms with E-state index in [4.69, 9.17) is 10.8 Å². The quantitative estimate of drug-likeness (QED) is 0.667. The topological polar surface area (TPSA) is 84.1 Å². The molecule has 0 spiro atoms. The van der Waals surface area contributed by atoms with Crippen molar-refractivity contribution in [2.45, 2.75) is 6.92 Å². The molecule has 0 saturated heterocycles. The molecule has 0 bridgehead atoms. The normalized spacial score (nSPS) is 10.1. The fraction of sp³-hybridized carbons (Fsp3) is 0.0909. The van der Waals surface area contributed by atoms with Crippen molar-refractivity contribution < 1.29 is 5.11 Å². The van der Waals surface area contributed by atoms with Crippen molar-refractivity contribution in [2.75, 3.05) is 11.1 Å². The van der Waals surface area contributed by atoms with Crippen LogP contribution in [0.1, 0.15) is 5.69 Å². The Hall–Kier alpha value is -2.30. The first-order valence-electron chi connectivity index (χ1n) is 4.80. The molecule has 1 aromatic carbocycles. The summed E-state index contributed by atoms with van der Waals surface area (Å²) in [6.07, 6.45) is 1.63. The summed E-state index contributed by atoms with van der Waals surface area (Å²) in [6.45, 7) is 1.85. The van der Waals surface area contributed by atoms with Crippen LogP contribution in [-0.4, -0.2) is 15.1 Å². The summed E-state index contributed by atoms with van der Waals surface area (Å²) < 4.78 is 0. The van der Waals surface area contributed by atoms with Gasteiger partial charge in [-0.15, -0.1) is 0 Å². The van der Waals surface area contributed by atoms with Gasteiger partial charge in [0.1, 0.15) is 5.75 Å². The number of nitrogens with one attached hydrogen (secondary N) is 1. The van der Waals surface area contributed by atoms with Crippen molar-refractivity contribution in [1.29, 1.82) is 0 Å². The molecule has 1 heterocycles. The molecule has 0 unspecified atom stereocenters. The standard InChI is InChI=1S/C11H12N4O/c1-7-10(6-13-11(12)14-7)15-8-2-4-9(16)5-3-8/h2-6,15-16H,1H3,(H2,12,13,14). The number of hydrogen-bond acceptors (Lipinski definition) is 5. The summed E-state index contributed by atoms with van der Waals surface area (Å²) >= 11 is 0. The highest BCUT2D eigenvalue weighted by Gasteiger charge is 2.01. The first-order valence-corrected chi connectivity index (χ1v) is 4.80. The van der Waals surface area contributed by atoms with E-state index in [9.17, 15) is 0 Å². The zero-order valence-electron chi connectivity index (χ0n) is 8.81. The maximum atomic E-state index is 9.14. The lowest BCUT2D eigenvalue weighted by molar-refractivity contribution is 0.475. The highest BCUT2D eigenvalue weighted by atomic mass is 16.3. The maximum Gasteiger partial charge on any atom is 0.220 e. The lowest BCUT2D eigenvalue weighted by Crippen LogP contribution is -2.00. The van der Waals surface area contributed by atoms with Gasteiger partial charge in [-0.05, 0) is 31.2 Å². The Morgan fingerprint density at radius 2 is 1.94 bits per heavy atom. The third-order valence-electron chi connectivity index (χ3n) is 2.14. The number of benzene rings is 1. The summed E-state index contributed by atoms with van der Waals surface area (Å²) in [5.41, 5.74) is 7.88. The summed E-state index contributed by atoms with van der Waals surface area (Å²) in [6, 6.07) is 6.75. The summed E-state index contributed by atoms with van der Waals surface area (Å²) in [5, 5.41) is 12.3. The van der Waals surface area contributed by atoms with E-state index in [1.54, 1.807) is 30.5 Å². The van der Waals surface area contributed by atoms with Gasteiger partial charge in [0.15, 0.2) is 0 Å². The molecular weight excluding hydrogens is 204 g/mol. The van der Waals surface area contributed by atoms with Crippen molar-refractivity contribution in [2.24, 2.45) is 0 Å². The van der Waals surface area contributed by atoms with Gasteiger partial charge in [-0.25, -0.2) is 9.97 Å². The smallest absolute Gasteiger partial charge is 0.220 e. The van der Waals surface area contributed by atoms with Crippen molar-refractivity contribution in [3.8, 4) is 5.75 Å². The van der Waals surface area contributed by atoms with Crippen LogP contribution in [0.25, 0.3) is 0 Å². The molecule has 2 rings (SSSR count). The monoisotopic (exact) mass is 216 g/mol. The highest BCUT2D eigenvalue weighted by Crippen LogP contribution is 2.20. The molecule has 0 amide bonds. The molecule has 5 nitrogen and oxygen atoms in total.